The first-order chi connectivity index (χ1) is 8.34. The average Bonchev–Trinajstić information content (AvgIpc) is 2.29. The van der Waals surface area contributed by atoms with E-state index < -0.39 is 0 Å². The molecule has 0 fully saturated rings. The number of carbonyl (C=O) groups excluding carboxylic acids is 1. The molecule has 0 rings (SSSR count). The van der Waals surface area contributed by atoms with Crippen molar-refractivity contribution in [1.29, 1.82) is 0 Å². The van der Waals surface area contributed by atoms with Crippen LogP contribution in [0.25, 0.3) is 0 Å². The van der Waals surface area contributed by atoms with Gasteiger partial charge >= 0.3 is 0 Å². The Morgan fingerprint density at radius 1 is 1.22 bits per heavy atom. The predicted octanol–water partition coefficient (Wildman–Crippen LogP) is 1.63. The molecule has 0 spiro atoms. The second-order valence-corrected chi connectivity index (χ2v) is 5.26. The summed E-state index contributed by atoms with van der Waals surface area (Å²) in [6.45, 7) is 12.4. The van der Waals surface area contributed by atoms with Crippen molar-refractivity contribution in [3.8, 4) is 0 Å². The van der Waals surface area contributed by atoms with Crippen molar-refractivity contribution >= 4 is 23.1 Å². The molecule has 0 saturated heterocycles. The van der Waals surface area contributed by atoms with Gasteiger partial charge in [-0.25, -0.2) is 0 Å². The van der Waals surface area contributed by atoms with E-state index in [1.807, 2.05) is 25.7 Å². The molecule has 1 unspecified atom stereocenters. The highest BCUT2D eigenvalue weighted by molar-refractivity contribution is 7.80. The number of nitrogens with two attached hydrogens (primary N) is 1. The second kappa shape index (κ2) is 8.43. The average molecular weight is 273 g/mol. The van der Waals surface area contributed by atoms with E-state index in [1.54, 1.807) is 0 Å². The van der Waals surface area contributed by atoms with Crippen LogP contribution in [-0.4, -0.2) is 52.4 Å². The summed E-state index contributed by atoms with van der Waals surface area (Å²) in [5.74, 6) is 0.177. The van der Waals surface area contributed by atoms with Crippen molar-refractivity contribution in [2.24, 2.45) is 5.73 Å². The summed E-state index contributed by atoms with van der Waals surface area (Å²) >= 11 is 4.91. The first kappa shape index (κ1) is 17.3. The minimum atomic E-state index is -0.126. The summed E-state index contributed by atoms with van der Waals surface area (Å²) in [5, 5.41) is 0. The number of amides is 1. The van der Waals surface area contributed by atoms with Crippen LogP contribution in [0.15, 0.2) is 0 Å². The topological polar surface area (TPSA) is 49.6 Å². The number of thiocarbonyl (C=S) groups is 1. The number of nitrogens with zero attached hydrogens (tertiary/aromatic N) is 2. The zero-order chi connectivity index (χ0) is 14.3. The third kappa shape index (κ3) is 5.31. The first-order valence-corrected chi connectivity index (χ1v) is 7.08. The lowest BCUT2D eigenvalue weighted by atomic mass is 10.1. The molecule has 0 radical (unpaired) electrons. The number of hydrogen-bond donors (Lipinski definition) is 1. The van der Waals surface area contributed by atoms with Crippen molar-refractivity contribution in [3.05, 3.63) is 0 Å². The standard InChI is InChI=1S/C13H27N3OS/c1-6-15(7-2)13(17)11(5)16(10(3)4)9-8-12(14)18/h10-11H,6-9H2,1-5H3,(H2,14,18). The van der Waals surface area contributed by atoms with E-state index >= 15 is 0 Å². The largest absolute Gasteiger partial charge is 0.393 e. The van der Waals surface area contributed by atoms with Gasteiger partial charge in [0.05, 0.1) is 11.0 Å². The maximum absolute atomic E-state index is 12.3. The fourth-order valence-electron chi connectivity index (χ4n) is 2.08. The zero-order valence-corrected chi connectivity index (χ0v) is 13.1. The van der Waals surface area contributed by atoms with E-state index in [1.165, 1.54) is 0 Å². The van der Waals surface area contributed by atoms with Crippen LogP contribution in [0.5, 0.6) is 0 Å². The predicted molar refractivity (Wildman–Crippen MR) is 80.6 cm³/mol. The van der Waals surface area contributed by atoms with Gasteiger partial charge in [-0.1, -0.05) is 12.2 Å². The molecular formula is C13H27N3OS. The summed E-state index contributed by atoms with van der Waals surface area (Å²) in [4.78, 5) is 16.8. The van der Waals surface area contributed by atoms with Crippen LogP contribution in [-0.2, 0) is 4.79 Å². The van der Waals surface area contributed by atoms with Crippen molar-refractivity contribution < 1.29 is 4.79 Å². The van der Waals surface area contributed by atoms with Gasteiger partial charge < -0.3 is 10.6 Å². The normalized spacial score (nSPS) is 12.8. The van der Waals surface area contributed by atoms with E-state index in [9.17, 15) is 4.79 Å². The Morgan fingerprint density at radius 2 is 1.72 bits per heavy atom. The van der Waals surface area contributed by atoms with Crippen LogP contribution in [0.2, 0.25) is 0 Å². The molecule has 0 bridgehead atoms. The van der Waals surface area contributed by atoms with Gasteiger partial charge in [0.15, 0.2) is 0 Å². The number of hydrogen-bond acceptors (Lipinski definition) is 3. The Hall–Kier alpha value is -0.680. The molecule has 106 valence electrons. The molecule has 0 saturated carbocycles. The van der Waals surface area contributed by atoms with Gasteiger partial charge in [0.1, 0.15) is 0 Å². The van der Waals surface area contributed by atoms with Gasteiger partial charge in [0.2, 0.25) is 5.91 Å². The van der Waals surface area contributed by atoms with Crippen molar-refractivity contribution in [1.82, 2.24) is 9.80 Å². The Morgan fingerprint density at radius 3 is 2.06 bits per heavy atom. The van der Waals surface area contributed by atoms with Crippen LogP contribution >= 0.6 is 12.2 Å². The van der Waals surface area contributed by atoms with Crippen LogP contribution < -0.4 is 5.73 Å². The van der Waals surface area contributed by atoms with Crippen LogP contribution in [0, 0.1) is 0 Å². The molecular weight excluding hydrogens is 246 g/mol. The number of rotatable bonds is 8. The third-order valence-corrected chi connectivity index (χ3v) is 3.41. The summed E-state index contributed by atoms with van der Waals surface area (Å²) in [5.41, 5.74) is 5.54. The highest BCUT2D eigenvalue weighted by atomic mass is 32.1. The summed E-state index contributed by atoms with van der Waals surface area (Å²) in [6, 6.07) is 0.174. The highest BCUT2D eigenvalue weighted by Gasteiger charge is 2.26. The molecule has 1 amide bonds. The molecule has 0 aliphatic rings. The van der Waals surface area contributed by atoms with Gasteiger partial charge in [0.25, 0.3) is 0 Å². The minimum Gasteiger partial charge on any atom is -0.393 e. The number of carbonyl (C=O) groups is 1. The highest BCUT2D eigenvalue weighted by Crippen LogP contribution is 2.10. The SMILES string of the molecule is CCN(CC)C(=O)C(C)N(CCC(N)=S)C(C)C. The molecule has 0 aliphatic carbocycles. The van der Waals surface area contributed by atoms with Crippen LogP contribution in [0.3, 0.4) is 0 Å². The molecule has 0 aliphatic heterocycles. The fourth-order valence-corrected chi connectivity index (χ4v) is 2.17. The van der Waals surface area contributed by atoms with Gasteiger partial charge in [-0.05, 0) is 34.6 Å². The van der Waals surface area contributed by atoms with E-state index in [0.717, 1.165) is 19.6 Å². The molecule has 0 aromatic carbocycles. The van der Waals surface area contributed by atoms with Crippen molar-refractivity contribution in [2.75, 3.05) is 19.6 Å². The lowest BCUT2D eigenvalue weighted by molar-refractivity contribution is -0.136. The number of likely N-dealkylation sites (N-methyl/N-ethyl adjacent to an activating group) is 1. The summed E-state index contributed by atoms with van der Waals surface area (Å²) in [6.07, 6.45) is 0.656. The smallest absolute Gasteiger partial charge is 0.239 e. The quantitative estimate of drug-likeness (QED) is 0.683. The second-order valence-electron chi connectivity index (χ2n) is 4.73. The molecule has 0 heterocycles. The molecule has 5 heteroatoms. The summed E-state index contributed by atoms with van der Waals surface area (Å²) in [7, 11) is 0. The molecule has 0 aromatic heterocycles. The molecule has 0 aromatic rings. The molecule has 2 N–H and O–H groups in total. The fraction of sp³-hybridized carbons (Fsp3) is 0.846. The minimum absolute atomic E-state index is 0.126. The maximum Gasteiger partial charge on any atom is 0.239 e. The van der Waals surface area contributed by atoms with Crippen molar-refractivity contribution in [3.63, 3.8) is 0 Å². The Kier molecular flexibility index (Phi) is 8.11. The Bertz CT molecular complexity index is 277. The Balaban J connectivity index is 4.69. The summed E-state index contributed by atoms with van der Waals surface area (Å²) < 4.78 is 0. The van der Waals surface area contributed by atoms with Crippen LogP contribution in [0.1, 0.15) is 41.0 Å². The molecule has 1 atom stereocenters. The van der Waals surface area contributed by atoms with E-state index in [-0.39, 0.29) is 11.9 Å². The molecule has 18 heavy (non-hydrogen) atoms. The van der Waals surface area contributed by atoms with Gasteiger partial charge in [-0.3, -0.25) is 9.69 Å². The van der Waals surface area contributed by atoms with E-state index in [0.29, 0.717) is 17.5 Å². The first-order valence-electron chi connectivity index (χ1n) is 6.67. The lowest BCUT2D eigenvalue weighted by Gasteiger charge is -2.34. The maximum atomic E-state index is 12.3. The third-order valence-electron chi connectivity index (χ3n) is 3.21. The molecule has 4 nitrogen and oxygen atoms in total. The van der Waals surface area contributed by atoms with Gasteiger partial charge in [0, 0.05) is 32.1 Å². The van der Waals surface area contributed by atoms with Gasteiger partial charge in [-0.15, -0.1) is 0 Å². The van der Waals surface area contributed by atoms with E-state index in [4.69, 9.17) is 18.0 Å². The van der Waals surface area contributed by atoms with E-state index in [2.05, 4.69) is 18.7 Å². The van der Waals surface area contributed by atoms with Crippen molar-refractivity contribution in [2.45, 2.75) is 53.1 Å². The van der Waals surface area contributed by atoms with Gasteiger partial charge in [-0.2, -0.15) is 0 Å². The lowest BCUT2D eigenvalue weighted by Crippen LogP contribution is -2.50. The van der Waals surface area contributed by atoms with Crippen LogP contribution in [0.4, 0.5) is 0 Å². The Labute approximate surface area is 116 Å². The zero-order valence-electron chi connectivity index (χ0n) is 12.3. The monoisotopic (exact) mass is 273 g/mol.